The number of hydrogen-bond donors (Lipinski definition) is 1. The molecule has 1 aromatic carbocycles. The van der Waals surface area contributed by atoms with Gasteiger partial charge in [0, 0.05) is 25.8 Å². The third-order valence-electron chi connectivity index (χ3n) is 2.31. The van der Waals surface area contributed by atoms with E-state index in [4.69, 9.17) is 21.1 Å². The summed E-state index contributed by atoms with van der Waals surface area (Å²) in [6.45, 7) is 8.40. The minimum atomic E-state index is 0.481. The van der Waals surface area contributed by atoms with Crippen molar-refractivity contribution >= 4 is 11.6 Å². The van der Waals surface area contributed by atoms with Crippen LogP contribution < -0.4 is 10.1 Å². The molecule has 0 heterocycles. The van der Waals surface area contributed by atoms with Crippen LogP contribution in [-0.2, 0) is 11.3 Å². The highest BCUT2D eigenvalue weighted by Gasteiger charge is 2.08. The third kappa shape index (κ3) is 5.08. The Morgan fingerprint density at radius 3 is 2.89 bits per heavy atom. The summed E-state index contributed by atoms with van der Waals surface area (Å²) in [4.78, 5) is 0. The van der Waals surface area contributed by atoms with E-state index in [1.54, 1.807) is 7.11 Å². The van der Waals surface area contributed by atoms with Crippen molar-refractivity contribution in [3.63, 3.8) is 0 Å². The summed E-state index contributed by atoms with van der Waals surface area (Å²) in [5.74, 6) is 0.729. The van der Waals surface area contributed by atoms with E-state index in [2.05, 4.69) is 11.9 Å². The molecule has 100 valence electrons. The molecule has 0 saturated heterocycles. The highest BCUT2D eigenvalue weighted by atomic mass is 35.5. The molecule has 0 fully saturated rings. The van der Waals surface area contributed by atoms with E-state index in [1.165, 1.54) is 0 Å². The minimum Gasteiger partial charge on any atom is -0.487 e. The number of rotatable bonds is 8. The SMILES string of the molecule is C=C(C)COc1c(Cl)cccc1CNCCOC. The van der Waals surface area contributed by atoms with Gasteiger partial charge in [0.1, 0.15) is 12.4 Å². The molecule has 0 aliphatic rings. The zero-order chi connectivity index (χ0) is 13.4. The Morgan fingerprint density at radius 2 is 2.22 bits per heavy atom. The van der Waals surface area contributed by atoms with E-state index >= 15 is 0 Å². The van der Waals surface area contributed by atoms with E-state index in [1.807, 2.05) is 25.1 Å². The Labute approximate surface area is 114 Å². The van der Waals surface area contributed by atoms with E-state index < -0.39 is 0 Å². The van der Waals surface area contributed by atoms with Gasteiger partial charge in [-0.1, -0.05) is 30.3 Å². The van der Waals surface area contributed by atoms with Crippen molar-refractivity contribution in [2.75, 3.05) is 26.9 Å². The molecular formula is C14H20ClNO2. The number of hydrogen-bond acceptors (Lipinski definition) is 3. The summed E-state index contributed by atoms with van der Waals surface area (Å²) in [7, 11) is 1.68. The zero-order valence-electron chi connectivity index (χ0n) is 11.0. The molecule has 0 aliphatic heterocycles. The second-order valence-corrected chi connectivity index (χ2v) is 4.55. The molecule has 0 radical (unpaired) electrons. The summed E-state index contributed by atoms with van der Waals surface area (Å²) in [6.07, 6.45) is 0. The van der Waals surface area contributed by atoms with Crippen LogP contribution in [0.5, 0.6) is 5.75 Å². The summed E-state index contributed by atoms with van der Waals surface area (Å²) in [5.41, 5.74) is 2.01. The lowest BCUT2D eigenvalue weighted by molar-refractivity contribution is 0.199. The van der Waals surface area contributed by atoms with Crippen LogP contribution in [0, 0.1) is 0 Å². The van der Waals surface area contributed by atoms with Crippen LogP contribution in [0.1, 0.15) is 12.5 Å². The van der Waals surface area contributed by atoms with Crippen LogP contribution in [0.2, 0.25) is 5.02 Å². The standard InChI is InChI=1S/C14H20ClNO2/c1-11(2)10-18-14-12(5-4-6-13(14)15)9-16-7-8-17-3/h4-6,16H,1,7-10H2,2-3H3. The predicted molar refractivity (Wildman–Crippen MR) is 75.3 cm³/mol. The van der Waals surface area contributed by atoms with Crippen molar-refractivity contribution in [1.82, 2.24) is 5.32 Å². The van der Waals surface area contributed by atoms with Crippen LogP contribution in [0.4, 0.5) is 0 Å². The molecule has 1 N–H and O–H groups in total. The number of methoxy groups -OCH3 is 1. The van der Waals surface area contributed by atoms with Crippen LogP contribution in [0.25, 0.3) is 0 Å². The first kappa shape index (κ1) is 15.0. The zero-order valence-corrected chi connectivity index (χ0v) is 11.7. The predicted octanol–water partition coefficient (Wildman–Crippen LogP) is 3.03. The minimum absolute atomic E-state index is 0.481. The quantitative estimate of drug-likeness (QED) is 0.581. The van der Waals surface area contributed by atoms with Gasteiger partial charge < -0.3 is 14.8 Å². The topological polar surface area (TPSA) is 30.5 Å². The van der Waals surface area contributed by atoms with Gasteiger partial charge in [0.05, 0.1) is 11.6 Å². The van der Waals surface area contributed by atoms with E-state index in [0.717, 1.165) is 23.4 Å². The Kier molecular flexibility index (Phi) is 6.80. The lowest BCUT2D eigenvalue weighted by Crippen LogP contribution is -2.19. The molecule has 0 aromatic heterocycles. The monoisotopic (exact) mass is 269 g/mol. The van der Waals surface area contributed by atoms with Gasteiger partial charge >= 0.3 is 0 Å². The number of halogens is 1. The van der Waals surface area contributed by atoms with Gasteiger partial charge in [-0.3, -0.25) is 0 Å². The number of ether oxygens (including phenoxy) is 2. The first-order valence-electron chi connectivity index (χ1n) is 5.89. The second-order valence-electron chi connectivity index (χ2n) is 4.14. The maximum Gasteiger partial charge on any atom is 0.142 e. The highest BCUT2D eigenvalue weighted by molar-refractivity contribution is 6.32. The van der Waals surface area contributed by atoms with Crippen molar-refractivity contribution in [2.45, 2.75) is 13.5 Å². The fourth-order valence-electron chi connectivity index (χ4n) is 1.45. The maximum absolute atomic E-state index is 6.15. The second kappa shape index (κ2) is 8.14. The van der Waals surface area contributed by atoms with Gasteiger partial charge in [0.2, 0.25) is 0 Å². The molecule has 0 spiro atoms. The Morgan fingerprint density at radius 1 is 1.44 bits per heavy atom. The molecule has 1 rings (SSSR count). The van der Waals surface area contributed by atoms with Gasteiger partial charge in [-0.2, -0.15) is 0 Å². The van der Waals surface area contributed by atoms with Gasteiger partial charge in [0.25, 0.3) is 0 Å². The van der Waals surface area contributed by atoms with Crippen molar-refractivity contribution in [3.8, 4) is 5.75 Å². The molecular weight excluding hydrogens is 250 g/mol. The molecule has 0 unspecified atom stereocenters. The molecule has 3 nitrogen and oxygen atoms in total. The van der Waals surface area contributed by atoms with Gasteiger partial charge in [-0.15, -0.1) is 0 Å². The smallest absolute Gasteiger partial charge is 0.142 e. The third-order valence-corrected chi connectivity index (χ3v) is 2.61. The maximum atomic E-state index is 6.15. The van der Waals surface area contributed by atoms with Gasteiger partial charge in [0.15, 0.2) is 0 Å². The average molecular weight is 270 g/mol. The Hall–Kier alpha value is -1.03. The molecule has 4 heteroatoms. The lowest BCUT2D eigenvalue weighted by Gasteiger charge is -2.13. The van der Waals surface area contributed by atoms with Gasteiger partial charge in [-0.25, -0.2) is 0 Å². The van der Waals surface area contributed by atoms with Crippen LogP contribution >= 0.6 is 11.6 Å². The molecule has 1 aromatic rings. The van der Waals surface area contributed by atoms with E-state index in [0.29, 0.717) is 24.8 Å². The molecule has 0 saturated carbocycles. The van der Waals surface area contributed by atoms with Crippen molar-refractivity contribution in [1.29, 1.82) is 0 Å². The van der Waals surface area contributed by atoms with Crippen molar-refractivity contribution < 1.29 is 9.47 Å². The largest absolute Gasteiger partial charge is 0.487 e. The molecule has 0 aliphatic carbocycles. The number of benzene rings is 1. The van der Waals surface area contributed by atoms with Crippen molar-refractivity contribution in [2.24, 2.45) is 0 Å². The van der Waals surface area contributed by atoms with E-state index in [-0.39, 0.29) is 0 Å². The highest BCUT2D eigenvalue weighted by Crippen LogP contribution is 2.28. The number of nitrogens with one attached hydrogen (secondary N) is 1. The molecule has 0 amide bonds. The molecule has 0 atom stereocenters. The van der Waals surface area contributed by atoms with Crippen LogP contribution in [0.3, 0.4) is 0 Å². The first-order valence-corrected chi connectivity index (χ1v) is 6.27. The summed E-state index contributed by atoms with van der Waals surface area (Å²) < 4.78 is 10.7. The molecule has 0 bridgehead atoms. The summed E-state index contributed by atoms with van der Waals surface area (Å²) in [6, 6.07) is 5.75. The van der Waals surface area contributed by atoms with Gasteiger partial charge in [-0.05, 0) is 18.6 Å². The normalized spacial score (nSPS) is 10.4. The number of para-hydroxylation sites is 1. The van der Waals surface area contributed by atoms with Crippen molar-refractivity contribution in [3.05, 3.63) is 40.9 Å². The summed E-state index contributed by atoms with van der Waals surface area (Å²) in [5, 5.41) is 3.90. The Balaban J connectivity index is 2.64. The molecule has 18 heavy (non-hydrogen) atoms. The van der Waals surface area contributed by atoms with E-state index in [9.17, 15) is 0 Å². The fourth-order valence-corrected chi connectivity index (χ4v) is 1.70. The Bertz CT molecular complexity index is 393. The lowest BCUT2D eigenvalue weighted by atomic mass is 10.2. The average Bonchev–Trinajstić information content (AvgIpc) is 2.33. The van der Waals surface area contributed by atoms with Crippen LogP contribution in [-0.4, -0.2) is 26.9 Å². The van der Waals surface area contributed by atoms with Crippen LogP contribution in [0.15, 0.2) is 30.4 Å². The first-order chi connectivity index (χ1) is 8.65. The summed E-state index contributed by atoms with van der Waals surface area (Å²) >= 11 is 6.15. The fraction of sp³-hybridized carbons (Fsp3) is 0.429.